The molecule has 0 unspecified atom stereocenters. The summed E-state index contributed by atoms with van der Waals surface area (Å²) in [6.45, 7) is 4.06. The number of aryl methyl sites for hydroxylation is 1. The summed E-state index contributed by atoms with van der Waals surface area (Å²) >= 11 is 0. The van der Waals surface area contributed by atoms with Crippen LogP contribution < -0.4 is 4.74 Å². The Hall–Kier alpha value is -2.49. The molecule has 2 heterocycles. The fraction of sp³-hybridized carbons (Fsp3) is 0.480. The van der Waals surface area contributed by atoms with Crippen molar-refractivity contribution in [2.75, 3.05) is 13.1 Å². The molecule has 2 saturated heterocycles. The molecule has 4 heteroatoms. The lowest BCUT2D eigenvalue weighted by atomic mass is 10.0. The van der Waals surface area contributed by atoms with E-state index >= 15 is 0 Å². The molecule has 0 radical (unpaired) electrons. The van der Waals surface area contributed by atoms with Crippen LogP contribution in [-0.4, -0.2) is 41.0 Å². The van der Waals surface area contributed by atoms with Gasteiger partial charge in [0.15, 0.2) is 0 Å². The van der Waals surface area contributed by atoms with E-state index in [1.54, 1.807) is 0 Å². The van der Waals surface area contributed by atoms with E-state index in [4.69, 9.17) is 4.74 Å². The first-order valence-corrected chi connectivity index (χ1v) is 11.1. The number of benzene rings is 2. The Morgan fingerprint density at radius 1 is 0.931 bits per heavy atom. The highest BCUT2D eigenvalue weighted by molar-refractivity contribution is 5.75. The van der Waals surface area contributed by atoms with Crippen molar-refractivity contribution in [3.63, 3.8) is 0 Å². The molecular weight excluding hydrogens is 360 g/mol. The number of likely N-dealkylation sites (tertiary alicyclic amines) is 2. The molecule has 0 N–H and O–H groups in total. The molecule has 154 valence electrons. The van der Waals surface area contributed by atoms with Gasteiger partial charge in [-0.2, -0.15) is 0 Å². The Balaban J connectivity index is 1.33. The van der Waals surface area contributed by atoms with Crippen molar-refractivity contribution >= 4 is 6.03 Å². The second-order valence-corrected chi connectivity index (χ2v) is 8.42. The van der Waals surface area contributed by atoms with Gasteiger partial charge in [0.2, 0.25) is 0 Å². The highest BCUT2D eigenvalue weighted by Crippen LogP contribution is 2.30. The molecule has 2 aliphatic rings. The number of nitrogens with zero attached hydrogens (tertiary/aromatic N) is 2. The molecule has 2 aliphatic heterocycles. The summed E-state index contributed by atoms with van der Waals surface area (Å²) < 4.78 is 5.88. The maximum atomic E-state index is 13.1. The summed E-state index contributed by atoms with van der Waals surface area (Å²) in [5, 5.41) is 0. The van der Waals surface area contributed by atoms with E-state index in [0.29, 0.717) is 12.1 Å². The normalized spacial score (nSPS) is 22.0. The number of rotatable bonds is 5. The van der Waals surface area contributed by atoms with Crippen molar-refractivity contribution in [1.29, 1.82) is 0 Å². The molecule has 2 fully saturated rings. The molecule has 0 bridgehead atoms. The number of hydrogen-bond donors (Lipinski definition) is 0. The van der Waals surface area contributed by atoms with Crippen LogP contribution in [0, 0.1) is 0 Å². The summed E-state index contributed by atoms with van der Waals surface area (Å²) in [6, 6.07) is 19.2. The average molecular weight is 393 g/mol. The van der Waals surface area contributed by atoms with Crippen molar-refractivity contribution in [3.8, 4) is 11.5 Å². The van der Waals surface area contributed by atoms with Gasteiger partial charge in [-0.25, -0.2) is 4.79 Å². The third-order valence-corrected chi connectivity index (χ3v) is 6.30. The van der Waals surface area contributed by atoms with Crippen LogP contribution in [0.4, 0.5) is 4.79 Å². The van der Waals surface area contributed by atoms with Crippen LogP contribution in [0.3, 0.4) is 0 Å². The Morgan fingerprint density at radius 3 is 2.34 bits per heavy atom. The summed E-state index contributed by atoms with van der Waals surface area (Å²) in [4.78, 5) is 17.3. The van der Waals surface area contributed by atoms with E-state index in [9.17, 15) is 4.79 Å². The van der Waals surface area contributed by atoms with E-state index in [0.717, 1.165) is 63.1 Å². The topological polar surface area (TPSA) is 32.8 Å². The predicted octanol–water partition coefficient (Wildman–Crippen LogP) is 5.87. The quantitative estimate of drug-likeness (QED) is 0.637. The smallest absolute Gasteiger partial charge is 0.320 e. The van der Waals surface area contributed by atoms with Crippen LogP contribution >= 0.6 is 0 Å². The molecule has 0 spiro atoms. The van der Waals surface area contributed by atoms with E-state index in [2.05, 4.69) is 28.9 Å². The van der Waals surface area contributed by atoms with Gasteiger partial charge in [0.1, 0.15) is 11.5 Å². The van der Waals surface area contributed by atoms with Gasteiger partial charge in [0.25, 0.3) is 0 Å². The summed E-state index contributed by atoms with van der Waals surface area (Å²) in [5.41, 5.74) is 1.30. The van der Waals surface area contributed by atoms with E-state index < -0.39 is 0 Å². The van der Waals surface area contributed by atoms with Crippen molar-refractivity contribution in [3.05, 3.63) is 60.2 Å². The van der Waals surface area contributed by atoms with Gasteiger partial charge in [-0.1, -0.05) is 30.3 Å². The summed E-state index contributed by atoms with van der Waals surface area (Å²) in [7, 11) is 0. The van der Waals surface area contributed by atoms with Crippen LogP contribution in [0.15, 0.2) is 54.6 Å². The number of para-hydroxylation sites is 1. The minimum atomic E-state index is 0.270. The Kier molecular flexibility index (Phi) is 6.38. The number of piperidine rings is 1. The summed E-state index contributed by atoms with van der Waals surface area (Å²) in [5.74, 6) is 1.71. The van der Waals surface area contributed by atoms with Gasteiger partial charge < -0.3 is 14.5 Å². The monoisotopic (exact) mass is 392 g/mol. The number of ether oxygens (including phenoxy) is 1. The largest absolute Gasteiger partial charge is 0.457 e. The van der Waals surface area contributed by atoms with Crippen LogP contribution in [0.5, 0.6) is 11.5 Å². The first-order valence-electron chi connectivity index (χ1n) is 11.1. The van der Waals surface area contributed by atoms with Gasteiger partial charge in [0, 0.05) is 25.2 Å². The van der Waals surface area contributed by atoms with Crippen molar-refractivity contribution in [2.24, 2.45) is 0 Å². The average Bonchev–Trinajstić information content (AvgIpc) is 3.14. The molecule has 2 aromatic carbocycles. The van der Waals surface area contributed by atoms with Gasteiger partial charge in [0.05, 0.1) is 0 Å². The number of amides is 2. The highest BCUT2D eigenvalue weighted by Gasteiger charge is 2.36. The second-order valence-electron chi connectivity index (χ2n) is 8.42. The molecule has 0 aromatic heterocycles. The van der Waals surface area contributed by atoms with Gasteiger partial charge in [-0.3, -0.25) is 0 Å². The maximum absolute atomic E-state index is 13.1. The van der Waals surface area contributed by atoms with E-state index in [-0.39, 0.29) is 6.03 Å². The second kappa shape index (κ2) is 9.34. The molecule has 2 atom stereocenters. The molecule has 2 amide bonds. The molecule has 2 aromatic rings. The van der Waals surface area contributed by atoms with Crippen molar-refractivity contribution < 1.29 is 9.53 Å². The third kappa shape index (κ3) is 4.92. The zero-order chi connectivity index (χ0) is 20.1. The van der Waals surface area contributed by atoms with Crippen LogP contribution in [-0.2, 0) is 6.42 Å². The zero-order valence-corrected chi connectivity index (χ0v) is 17.4. The molecule has 4 nitrogen and oxygen atoms in total. The van der Waals surface area contributed by atoms with Crippen LogP contribution in [0.25, 0.3) is 0 Å². The van der Waals surface area contributed by atoms with Crippen molar-refractivity contribution in [2.45, 2.75) is 64.0 Å². The summed E-state index contributed by atoms with van der Waals surface area (Å²) in [6.07, 6.45) is 7.82. The lowest BCUT2D eigenvalue weighted by Crippen LogP contribution is -2.49. The fourth-order valence-corrected chi connectivity index (χ4v) is 4.63. The van der Waals surface area contributed by atoms with Crippen molar-refractivity contribution in [1.82, 2.24) is 9.80 Å². The number of carbonyl (C=O) groups is 1. The number of urea groups is 1. The maximum Gasteiger partial charge on any atom is 0.320 e. The lowest BCUT2D eigenvalue weighted by Gasteiger charge is -2.36. The minimum absolute atomic E-state index is 0.270. The van der Waals surface area contributed by atoms with Crippen LogP contribution in [0.2, 0.25) is 0 Å². The lowest BCUT2D eigenvalue weighted by molar-refractivity contribution is 0.124. The Morgan fingerprint density at radius 2 is 1.62 bits per heavy atom. The zero-order valence-electron chi connectivity index (χ0n) is 17.4. The standard InChI is InChI=1S/C25H32N2O2/c1-20-10-14-22(27(20)25(28)26-18-6-3-7-19-26)15-11-21-12-16-24(17-13-21)29-23-8-4-2-5-9-23/h2,4-5,8-9,12-13,16-17,20,22H,3,6-7,10-11,14-15,18-19H2,1H3/t20-,22-/m1/s1. The molecule has 0 saturated carbocycles. The molecule has 29 heavy (non-hydrogen) atoms. The SMILES string of the molecule is C[C@@H]1CC[C@H](CCc2ccc(Oc3ccccc3)cc2)N1C(=O)N1CCCCC1. The molecule has 0 aliphatic carbocycles. The number of carbonyl (C=O) groups excluding carboxylic acids is 1. The molecular formula is C25H32N2O2. The Bertz CT molecular complexity index is 784. The van der Waals surface area contributed by atoms with Gasteiger partial charge in [-0.05, 0) is 81.7 Å². The molecule has 4 rings (SSSR count). The first-order chi connectivity index (χ1) is 14.2. The van der Waals surface area contributed by atoms with Crippen LogP contribution in [0.1, 0.15) is 51.0 Å². The van der Waals surface area contributed by atoms with E-state index in [1.807, 2.05) is 42.5 Å². The van der Waals surface area contributed by atoms with Gasteiger partial charge >= 0.3 is 6.03 Å². The fourth-order valence-electron chi connectivity index (χ4n) is 4.63. The predicted molar refractivity (Wildman–Crippen MR) is 116 cm³/mol. The number of hydrogen-bond acceptors (Lipinski definition) is 2. The van der Waals surface area contributed by atoms with Gasteiger partial charge in [-0.15, -0.1) is 0 Å². The minimum Gasteiger partial charge on any atom is -0.457 e. The third-order valence-electron chi connectivity index (χ3n) is 6.30. The highest BCUT2D eigenvalue weighted by atomic mass is 16.5. The first kappa shape index (κ1) is 19.8. The van der Waals surface area contributed by atoms with E-state index in [1.165, 1.54) is 12.0 Å². The Labute approximate surface area is 174 Å².